The largest absolute Gasteiger partial charge is 0.507 e. The number of phenolic OH excluding ortho intramolecular Hbond substituents is 2. The number of esters is 2. The van der Waals surface area contributed by atoms with Gasteiger partial charge in [0.1, 0.15) is 28.8 Å². The fraction of sp³-hybridized carbons (Fsp3) is 0.541. The highest BCUT2D eigenvalue weighted by atomic mass is 16.6. The third kappa shape index (κ3) is 13.1. The standard InChI is InChI=1S/C37H51N3O9/c1-5-7-9-11-13-15-21-46-35(43)25(3)48-27-17-19-29(31(41)23-27)33-38-34(40-37(45)39-33)30-20-18-28(24-32(30)42)49-26(4)36(44)47-22-16-14-12-10-8-6-2/h17-20,23-26,41-42H,5-16,21-22H2,1-4H3,(H,38,39,40,45). The van der Waals surface area contributed by atoms with Crippen LogP contribution in [0.5, 0.6) is 23.0 Å². The lowest BCUT2D eigenvalue weighted by molar-refractivity contribution is -0.152. The van der Waals surface area contributed by atoms with Gasteiger partial charge in [0.05, 0.1) is 24.3 Å². The van der Waals surface area contributed by atoms with Crippen LogP contribution in [0.3, 0.4) is 0 Å². The fourth-order valence-electron chi connectivity index (χ4n) is 5.04. The number of phenols is 2. The van der Waals surface area contributed by atoms with E-state index in [0.29, 0.717) is 13.2 Å². The number of carbonyl (C=O) groups excluding carboxylic acids is 2. The van der Waals surface area contributed by atoms with Gasteiger partial charge in [0.15, 0.2) is 18.0 Å². The van der Waals surface area contributed by atoms with Crippen molar-refractivity contribution in [3.63, 3.8) is 0 Å². The molecule has 12 heteroatoms. The molecule has 0 bridgehead atoms. The van der Waals surface area contributed by atoms with E-state index >= 15 is 0 Å². The summed E-state index contributed by atoms with van der Waals surface area (Å²) in [4.78, 5) is 47.9. The zero-order valence-corrected chi connectivity index (χ0v) is 29.2. The molecule has 3 aromatic rings. The number of aromatic amines is 1. The summed E-state index contributed by atoms with van der Waals surface area (Å²) < 4.78 is 22.0. The zero-order valence-electron chi connectivity index (χ0n) is 29.2. The van der Waals surface area contributed by atoms with Gasteiger partial charge in [-0.05, 0) is 51.0 Å². The summed E-state index contributed by atoms with van der Waals surface area (Å²) in [6.07, 6.45) is 11.1. The number of hydrogen-bond acceptors (Lipinski definition) is 11. The summed E-state index contributed by atoms with van der Waals surface area (Å²) >= 11 is 0. The van der Waals surface area contributed by atoms with Crippen molar-refractivity contribution in [1.82, 2.24) is 15.0 Å². The summed E-state index contributed by atoms with van der Waals surface area (Å²) in [5.41, 5.74) is -0.465. The van der Waals surface area contributed by atoms with Crippen molar-refractivity contribution < 1.29 is 38.7 Å². The Balaban J connectivity index is 1.59. The van der Waals surface area contributed by atoms with Gasteiger partial charge in [-0.1, -0.05) is 78.1 Å². The highest BCUT2D eigenvalue weighted by molar-refractivity contribution is 5.75. The van der Waals surface area contributed by atoms with Crippen molar-refractivity contribution in [2.45, 2.75) is 117 Å². The van der Waals surface area contributed by atoms with Crippen molar-refractivity contribution >= 4 is 11.9 Å². The molecule has 0 aliphatic rings. The number of aromatic hydroxyl groups is 2. The van der Waals surface area contributed by atoms with E-state index in [-0.39, 0.29) is 45.8 Å². The van der Waals surface area contributed by atoms with Gasteiger partial charge in [-0.15, -0.1) is 0 Å². The summed E-state index contributed by atoms with van der Waals surface area (Å²) in [6.45, 7) is 8.10. The third-order valence-electron chi connectivity index (χ3n) is 7.86. The number of aromatic nitrogens is 3. The number of nitrogens with one attached hydrogen (secondary N) is 1. The molecule has 1 heterocycles. The molecule has 2 unspecified atom stereocenters. The number of hydrogen-bond donors (Lipinski definition) is 3. The number of H-pyrrole nitrogens is 1. The molecule has 0 radical (unpaired) electrons. The molecule has 2 aromatic carbocycles. The van der Waals surface area contributed by atoms with Gasteiger partial charge < -0.3 is 29.2 Å². The van der Waals surface area contributed by atoms with Crippen LogP contribution in [0.25, 0.3) is 22.8 Å². The predicted molar refractivity (Wildman–Crippen MR) is 186 cm³/mol. The van der Waals surface area contributed by atoms with Crippen LogP contribution in [-0.4, -0.2) is 62.5 Å². The molecule has 0 saturated carbocycles. The predicted octanol–water partition coefficient (Wildman–Crippen LogP) is 7.25. The number of unbranched alkanes of at least 4 members (excludes halogenated alkanes) is 10. The Bertz CT molecular complexity index is 1430. The second kappa shape index (κ2) is 20.7. The molecule has 0 saturated heterocycles. The van der Waals surface area contributed by atoms with E-state index in [1.165, 1.54) is 74.9 Å². The maximum atomic E-state index is 12.5. The SMILES string of the molecule is CCCCCCCCOC(=O)C(C)Oc1ccc(-c2nc(-c3ccc(OC(C)C(=O)OCCCCCCCC)cc3O)[nH]c(=O)n2)c(O)c1. The maximum absolute atomic E-state index is 12.5. The molecule has 0 aliphatic carbocycles. The van der Waals surface area contributed by atoms with Crippen molar-refractivity contribution in [1.29, 1.82) is 0 Å². The maximum Gasteiger partial charge on any atom is 0.348 e. The van der Waals surface area contributed by atoms with E-state index in [9.17, 15) is 24.6 Å². The fourth-order valence-corrected chi connectivity index (χ4v) is 5.04. The van der Waals surface area contributed by atoms with Gasteiger partial charge in [-0.3, -0.25) is 4.98 Å². The first kappa shape index (κ1) is 38.8. The van der Waals surface area contributed by atoms with Crippen LogP contribution in [0.15, 0.2) is 41.2 Å². The molecule has 0 fully saturated rings. The molecule has 268 valence electrons. The number of benzene rings is 2. The molecule has 49 heavy (non-hydrogen) atoms. The first-order valence-corrected chi connectivity index (χ1v) is 17.4. The minimum absolute atomic E-state index is 0.00750. The molecular formula is C37H51N3O9. The Kier molecular flexibility index (Phi) is 16.4. The quantitative estimate of drug-likeness (QED) is 0.0721. The van der Waals surface area contributed by atoms with E-state index in [1.54, 1.807) is 13.8 Å². The monoisotopic (exact) mass is 681 g/mol. The van der Waals surface area contributed by atoms with Crippen molar-refractivity contribution in [2.24, 2.45) is 0 Å². The van der Waals surface area contributed by atoms with Gasteiger partial charge in [-0.25, -0.2) is 19.4 Å². The first-order valence-electron chi connectivity index (χ1n) is 17.4. The lowest BCUT2D eigenvalue weighted by Crippen LogP contribution is -2.26. The average Bonchev–Trinajstić information content (AvgIpc) is 3.07. The number of carbonyl (C=O) groups is 2. The van der Waals surface area contributed by atoms with Gasteiger partial charge in [0.2, 0.25) is 0 Å². The number of rotatable bonds is 22. The lowest BCUT2D eigenvalue weighted by Gasteiger charge is -2.15. The minimum Gasteiger partial charge on any atom is -0.507 e. The summed E-state index contributed by atoms with van der Waals surface area (Å²) in [5.74, 6) is -1.24. The van der Waals surface area contributed by atoms with Crippen LogP contribution in [-0.2, 0) is 19.1 Å². The zero-order chi connectivity index (χ0) is 35.6. The van der Waals surface area contributed by atoms with Gasteiger partial charge >= 0.3 is 17.6 Å². The highest BCUT2D eigenvalue weighted by Gasteiger charge is 2.20. The number of ether oxygens (including phenoxy) is 4. The van der Waals surface area contributed by atoms with Crippen LogP contribution in [0, 0.1) is 0 Å². The summed E-state index contributed by atoms with van der Waals surface area (Å²) in [7, 11) is 0. The second-order valence-corrected chi connectivity index (χ2v) is 12.1. The molecule has 2 atom stereocenters. The van der Waals surface area contributed by atoms with Crippen LogP contribution < -0.4 is 15.2 Å². The van der Waals surface area contributed by atoms with Gasteiger partial charge in [-0.2, -0.15) is 4.98 Å². The van der Waals surface area contributed by atoms with E-state index in [4.69, 9.17) is 18.9 Å². The summed E-state index contributed by atoms with van der Waals surface area (Å²) in [5, 5.41) is 21.5. The topological polar surface area (TPSA) is 170 Å². The van der Waals surface area contributed by atoms with Crippen molar-refractivity contribution in [2.75, 3.05) is 13.2 Å². The molecular weight excluding hydrogens is 630 g/mol. The Labute approximate surface area is 288 Å². The molecule has 3 rings (SSSR count). The van der Waals surface area contributed by atoms with Crippen LogP contribution in [0.2, 0.25) is 0 Å². The highest BCUT2D eigenvalue weighted by Crippen LogP contribution is 2.34. The van der Waals surface area contributed by atoms with E-state index < -0.39 is 29.8 Å². The van der Waals surface area contributed by atoms with Crippen LogP contribution >= 0.6 is 0 Å². The first-order chi connectivity index (χ1) is 23.6. The number of nitrogens with zero attached hydrogens (tertiary/aromatic N) is 2. The molecule has 3 N–H and O–H groups in total. The van der Waals surface area contributed by atoms with Gasteiger partial charge in [0, 0.05) is 12.1 Å². The van der Waals surface area contributed by atoms with Crippen molar-refractivity contribution in [3.05, 3.63) is 46.9 Å². The normalized spacial score (nSPS) is 12.2. The molecule has 0 amide bonds. The Morgan fingerprint density at radius 1 is 0.673 bits per heavy atom. The third-order valence-corrected chi connectivity index (χ3v) is 7.86. The van der Waals surface area contributed by atoms with Gasteiger partial charge in [0.25, 0.3) is 0 Å². The van der Waals surface area contributed by atoms with E-state index in [2.05, 4.69) is 28.8 Å². The summed E-state index contributed by atoms with van der Waals surface area (Å²) in [6, 6.07) is 8.57. The Morgan fingerprint density at radius 3 is 1.59 bits per heavy atom. The molecule has 0 spiro atoms. The minimum atomic E-state index is -0.901. The molecule has 1 aromatic heterocycles. The smallest absolute Gasteiger partial charge is 0.348 e. The van der Waals surface area contributed by atoms with Crippen LogP contribution in [0.1, 0.15) is 105 Å². The average molecular weight is 682 g/mol. The molecule has 0 aliphatic heterocycles. The van der Waals surface area contributed by atoms with E-state index in [0.717, 1.165) is 38.5 Å². The van der Waals surface area contributed by atoms with Crippen molar-refractivity contribution in [3.8, 4) is 45.8 Å². The second-order valence-electron chi connectivity index (χ2n) is 12.1. The van der Waals surface area contributed by atoms with E-state index in [1.807, 2.05) is 0 Å². The molecule has 12 nitrogen and oxygen atoms in total. The lowest BCUT2D eigenvalue weighted by atomic mass is 10.1. The Morgan fingerprint density at radius 2 is 1.12 bits per heavy atom. The Hall–Kier alpha value is -4.61. The van der Waals surface area contributed by atoms with Crippen LogP contribution in [0.4, 0.5) is 0 Å².